The highest BCUT2D eigenvalue weighted by Crippen LogP contribution is 2.26. The first-order chi connectivity index (χ1) is 11.6. The quantitative estimate of drug-likeness (QED) is 0.802. The van der Waals surface area contributed by atoms with Gasteiger partial charge in [-0.05, 0) is 32.7 Å². The van der Waals surface area contributed by atoms with Crippen LogP contribution in [0.1, 0.15) is 29.6 Å². The van der Waals surface area contributed by atoms with E-state index in [0.717, 1.165) is 38.3 Å². The molecule has 1 saturated heterocycles. The van der Waals surface area contributed by atoms with Crippen molar-refractivity contribution in [3.63, 3.8) is 0 Å². The lowest BCUT2D eigenvalue weighted by atomic mass is 10.1. The van der Waals surface area contributed by atoms with E-state index in [1.807, 2.05) is 12.4 Å². The number of aryl methyl sites for hydroxylation is 2. The first-order valence-electron chi connectivity index (χ1n) is 8.40. The third-order valence-electron chi connectivity index (χ3n) is 4.59. The van der Waals surface area contributed by atoms with Gasteiger partial charge in [-0.3, -0.25) is 0 Å². The van der Waals surface area contributed by atoms with Crippen LogP contribution in [0.2, 0.25) is 0 Å². The zero-order valence-corrected chi connectivity index (χ0v) is 15.3. The number of thiazole rings is 1. The maximum absolute atomic E-state index is 14.4. The van der Waals surface area contributed by atoms with Gasteiger partial charge in [0.05, 0.1) is 16.9 Å². The van der Waals surface area contributed by atoms with Crippen molar-refractivity contribution in [1.29, 1.82) is 0 Å². The molecule has 1 fully saturated rings. The number of aromatic nitrogens is 3. The van der Waals surface area contributed by atoms with Crippen molar-refractivity contribution in [3.8, 4) is 0 Å². The van der Waals surface area contributed by atoms with E-state index in [0.29, 0.717) is 23.9 Å². The average Bonchev–Trinajstić information content (AvgIpc) is 3.17. The van der Waals surface area contributed by atoms with Crippen LogP contribution in [0.25, 0.3) is 0 Å². The van der Waals surface area contributed by atoms with Gasteiger partial charge in [0.25, 0.3) is 0 Å². The minimum atomic E-state index is -0.255. The van der Waals surface area contributed by atoms with Crippen molar-refractivity contribution in [2.75, 3.05) is 31.6 Å². The first kappa shape index (κ1) is 17.2. The van der Waals surface area contributed by atoms with Crippen molar-refractivity contribution in [2.45, 2.75) is 33.2 Å². The van der Waals surface area contributed by atoms with E-state index < -0.39 is 0 Å². The normalized spacial score (nSPS) is 17.9. The standard InChI is InChI=1S/C17H24FN5S/c1-4-14-16(18)17(20-10-19-14)23-6-5-13(8-23)7-22(3)9-15-12(2)21-11-24-15/h10-11,13H,4-9H2,1-3H3/t13-/m0/s1. The molecule has 130 valence electrons. The molecule has 1 atom stereocenters. The number of anilines is 1. The summed E-state index contributed by atoms with van der Waals surface area (Å²) in [6.45, 7) is 7.60. The van der Waals surface area contributed by atoms with Gasteiger partial charge in [-0.15, -0.1) is 11.3 Å². The van der Waals surface area contributed by atoms with Crippen molar-refractivity contribution < 1.29 is 4.39 Å². The fourth-order valence-electron chi connectivity index (χ4n) is 3.27. The van der Waals surface area contributed by atoms with Gasteiger partial charge in [0, 0.05) is 31.1 Å². The summed E-state index contributed by atoms with van der Waals surface area (Å²) < 4.78 is 14.4. The Bertz CT molecular complexity index is 689. The van der Waals surface area contributed by atoms with Crippen molar-refractivity contribution in [2.24, 2.45) is 5.92 Å². The molecule has 0 unspecified atom stereocenters. The van der Waals surface area contributed by atoms with Crippen LogP contribution in [0.3, 0.4) is 0 Å². The van der Waals surface area contributed by atoms with Crippen LogP contribution in [0.5, 0.6) is 0 Å². The monoisotopic (exact) mass is 349 g/mol. The number of hydrogen-bond donors (Lipinski definition) is 0. The molecule has 1 aliphatic heterocycles. The molecular weight excluding hydrogens is 325 g/mol. The number of halogens is 1. The molecule has 0 amide bonds. The third-order valence-corrected chi connectivity index (χ3v) is 5.51. The van der Waals surface area contributed by atoms with Crippen molar-refractivity contribution in [1.82, 2.24) is 19.9 Å². The Morgan fingerprint density at radius 2 is 2.21 bits per heavy atom. The van der Waals surface area contributed by atoms with Gasteiger partial charge in [-0.2, -0.15) is 0 Å². The summed E-state index contributed by atoms with van der Waals surface area (Å²) >= 11 is 1.71. The molecular formula is C17H24FN5S. The van der Waals surface area contributed by atoms with Gasteiger partial charge in [-0.1, -0.05) is 6.92 Å². The van der Waals surface area contributed by atoms with Gasteiger partial charge < -0.3 is 9.80 Å². The SMILES string of the molecule is CCc1ncnc(N2CC[C@@H](CN(C)Cc3scnc3C)C2)c1F. The first-order valence-corrected chi connectivity index (χ1v) is 9.28. The maximum atomic E-state index is 14.4. The van der Waals surface area contributed by atoms with E-state index >= 15 is 0 Å². The fourth-order valence-corrected chi connectivity index (χ4v) is 4.12. The highest BCUT2D eigenvalue weighted by Gasteiger charge is 2.27. The molecule has 0 N–H and O–H groups in total. The summed E-state index contributed by atoms with van der Waals surface area (Å²) in [4.78, 5) is 18.2. The Labute approximate surface area is 146 Å². The zero-order chi connectivity index (χ0) is 17.1. The summed E-state index contributed by atoms with van der Waals surface area (Å²) in [5.41, 5.74) is 3.52. The van der Waals surface area contributed by atoms with Gasteiger partial charge in [0.15, 0.2) is 11.6 Å². The summed E-state index contributed by atoms with van der Waals surface area (Å²) in [7, 11) is 2.14. The number of hydrogen-bond acceptors (Lipinski definition) is 6. The van der Waals surface area contributed by atoms with Crippen LogP contribution < -0.4 is 4.90 Å². The molecule has 0 aromatic carbocycles. The van der Waals surface area contributed by atoms with Crippen molar-refractivity contribution >= 4 is 17.2 Å². The lowest BCUT2D eigenvalue weighted by molar-refractivity contribution is 0.281. The molecule has 3 heterocycles. The molecule has 0 bridgehead atoms. The Morgan fingerprint density at radius 3 is 2.92 bits per heavy atom. The Hall–Kier alpha value is -1.60. The summed E-state index contributed by atoms with van der Waals surface area (Å²) in [6, 6.07) is 0. The molecule has 0 radical (unpaired) electrons. The molecule has 5 nitrogen and oxygen atoms in total. The van der Waals surface area contributed by atoms with Gasteiger partial charge in [0.2, 0.25) is 0 Å². The molecule has 0 saturated carbocycles. The van der Waals surface area contributed by atoms with E-state index in [1.165, 1.54) is 11.2 Å². The van der Waals surface area contributed by atoms with E-state index in [9.17, 15) is 4.39 Å². The largest absolute Gasteiger partial charge is 0.354 e. The van der Waals surface area contributed by atoms with Crippen LogP contribution >= 0.6 is 11.3 Å². The van der Waals surface area contributed by atoms with E-state index in [2.05, 4.69) is 38.7 Å². The summed E-state index contributed by atoms with van der Waals surface area (Å²) in [6.07, 6.45) is 3.13. The second-order valence-electron chi connectivity index (χ2n) is 6.47. The minimum absolute atomic E-state index is 0.255. The summed E-state index contributed by atoms with van der Waals surface area (Å²) in [5, 5.41) is 0. The van der Waals surface area contributed by atoms with E-state index in [-0.39, 0.29) is 5.82 Å². The summed E-state index contributed by atoms with van der Waals surface area (Å²) in [5.74, 6) is 0.738. The second kappa shape index (κ2) is 7.53. The Kier molecular flexibility index (Phi) is 5.40. The Morgan fingerprint density at radius 1 is 1.38 bits per heavy atom. The zero-order valence-electron chi connectivity index (χ0n) is 14.5. The van der Waals surface area contributed by atoms with Gasteiger partial charge in [-0.25, -0.2) is 19.3 Å². The van der Waals surface area contributed by atoms with Crippen LogP contribution in [0, 0.1) is 18.7 Å². The van der Waals surface area contributed by atoms with Crippen LogP contribution in [-0.2, 0) is 13.0 Å². The maximum Gasteiger partial charge on any atom is 0.187 e. The van der Waals surface area contributed by atoms with Crippen LogP contribution in [0.4, 0.5) is 10.2 Å². The topological polar surface area (TPSA) is 45.2 Å². The average molecular weight is 349 g/mol. The molecule has 2 aromatic heterocycles. The van der Waals surface area contributed by atoms with Crippen LogP contribution in [-0.4, -0.2) is 46.5 Å². The molecule has 7 heteroatoms. The van der Waals surface area contributed by atoms with E-state index in [4.69, 9.17) is 0 Å². The Balaban J connectivity index is 1.58. The van der Waals surface area contributed by atoms with Crippen molar-refractivity contribution in [3.05, 3.63) is 33.9 Å². The number of nitrogens with zero attached hydrogens (tertiary/aromatic N) is 5. The van der Waals surface area contributed by atoms with E-state index in [1.54, 1.807) is 11.3 Å². The molecule has 24 heavy (non-hydrogen) atoms. The smallest absolute Gasteiger partial charge is 0.187 e. The van der Waals surface area contributed by atoms with Gasteiger partial charge >= 0.3 is 0 Å². The second-order valence-corrected chi connectivity index (χ2v) is 7.41. The minimum Gasteiger partial charge on any atom is -0.354 e. The predicted molar refractivity (Wildman–Crippen MR) is 94.9 cm³/mol. The highest BCUT2D eigenvalue weighted by atomic mass is 32.1. The molecule has 0 aliphatic carbocycles. The number of rotatable bonds is 6. The third kappa shape index (κ3) is 3.72. The molecule has 3 rings (SSSR count). The van der Waals surface area contributed by atoms with Crippen LogP contribution in [0.15, 0.2) is 11.8 Å². The lowest BCUT2D eigenvalue weighted by Crippen LogP contribution is -2.28. The highest BCUT2D eigenvalue weighted by molar-refractivity contribution is 7.09. The predicted octanol–water partition coefficient (Wildman–Crippen LogP) is 2.90. The molecule has 0 spiro atoms. The molecule has 2 aromatic rings. The van der Waals surface area contributed by atoms with Gasteiger partial charge in [0.1, 0.15) is 6.33 Å². The fraction of sp³-hybridized carbons (Fsp3) is 0.588. The lowest BCUT2D eigenvalue weighted by Gasteiger charge is -2.22. The molecule has 1 aliphatic rings.